The first-order chi connectivity index (χ1) is 16.8. The van der Waals surface area contributed by atoms with Gasteiger partial charge in [-0.1, -0.05) is 12.1 Å². The minimum atomic E-state index is -1.89. The van der Waals surface area contributed by atoms with Gasteiger partial charge in [0, 0.05) is 30.9 Å². The molecule has 2 amide bonds. The van der Waals surface area contributed by atoms with Crippen molar-refractivity contribution < 1.29 is 19.8 Å². The second-order valence-corrected chi connectivity index (χ2v) is 9.77. The quantitative estimate of drug-likeness (QED) is 0.373. The number of aromatic nitrogens is 3. The third kappa shape index (κ3) is 5.21. The van der Waals surface area contributed by atoms with E-state index in [4.69, 9.17) is 0 Å². The highest BCUT2D eigenvalue weighted by Gasteiger charge is 2.40. The Morgan fingerprint density at radius 3 is 2.57 bits per heavy atom. The van der Waals surface area contributed by atoms with Crippen molar-refractivity contribution in [3.8, 4) is 5.69 Å². The van der Waals surface area contributed by atoms with Gasteiger partial charge in [-0.15, -0.1) is 11.3 Å². The number of amides is 2. The molecule has 1 aliphatic heterocycles. The van der Waals surface area contributed by atoms with Crippen LogP contribution in [0.3, 0.4) is 0 Å². The van der Waals surface area contributed by atoms with Crippen molar-refractivity contribution in [2.45, 2.75) is 51.0 Å². The van der Waals surface area contributed by atoms with Gasteiger partial charge in [0.2, 0.25) is 0 Å². The number of thiazole rings is 1. The van der Waals surface area contributed by atoms with E-state index < -0.39 is 30.1 Å². The molecule has 0 spiro atoms. The van der Waals surface area contributed by atoms with E-state index in [1.807, 2.05) is 43.5 Å². The Bertz CT molecular complexity index is 1160. The lowest BCUT2D eigenvalue weighted by Crippen LogP contribution is -2.51. The highest BCUT2D eigenvalue weighted by molar-refractivity contribution is 7.15. The zero-order valence-corrected chi connectivity index (χ0v) is 20.7. The van der Waals surface area contributed by atoms with Gasteiger partial charge >= 0.3 is 0 Å². The van der Waals surface area contributed by atoms with Crippen LogP contribution in [0.1, 0.15) is 48.0 Å². The van der Waals surface area contributed by atoms with E-state index >= 15 is 0 Å². The molecule has 0 aliphatic carbocycles. The molecule has 4 atom stereocenters. The molecule has 2 aromatic heterocycles. The number of likely N-dealkylation sites (tertiary alicyclic amines) is 1. The van der Waals surface area contributed by atoms with E-state index in [0.29, 0.717) is 13.0 Å². The third-order valence-electron chi connectivity index (χ3n) is 6.24. The summed E-state index contributed by atoms with van der Waals surface area (Å²) in [5.41, 5.74) is 2.46. The number of hydrogen-bond acceptors (Lipinski definition) is 8. The summed E-state index contributed by atoms with van der Waals surface area (Å²) in [6, 6.07) is 8.52. The van der Waals surface area contributed by atoms with E-state index in [0.717, 1.165) is 33.4 Å². The number of nitrogens with zero attached hydrogens (tertiary/aromatic N) is 4. The number of aliphatic hydroxyl groups excluding tert-OH is 2. The molecule has 1 saturated heterocycles. The lowest BCUT2D eigenvalue weighted by molar-refractivity contribution is -0.154. The fourth-order valence-corrected chi connectivity index (χ4v) is 5.13. The molecule has 35 heavy (non-hydrogen) atoms. The molecule has 11 heteroatoms. The van der Waals surface area contributed by atoms with Crippen LogP contribution in [0.15, 0.2) is 42.7 Å². The van der Waals surface area contributed by atoms with Crippen LogP contribution in [0.25, 0.3) is 5.69 Å². The van der Waals surface area contributed by atoms with Crippen LogP contribution < -0.4 is 10.6 Å². The van der Waals surface area contributed by atoms with Crippen LogP contribution in [-0.2, 0) is 9.59 Å². The van der Waals surface area contributed by atoms with Gasteiger partial charge in [-0.2, -0.15) is 5.10 Å². The van der Waals surface area contributed by atoms with Crippen LogP contribution in [0, 0.1) is 6.92 Å². The van der Waals surface area contributed by atoms with Crippen LogP contribution in [0.2, 0.25) is 0 Å². The van der Waals surface area contributed by atoms with Crippen LogP contribution >= 0.6 is 11.3 Å². The van der Waals surface area contributed by atoms with Crippen molar-refractivity contribution in [1.29, 1.82) is 0 Å². The summed E-state index contributed by atoms with van der Waals surface area (Å²) in [4.78, 5) is 32.8. The molecule has 0 saturated carbocycles. The molecule has 10 nitrogen and oxygen atoms in total. The average molecular weight is 499 g/mol. The maximum Gasteiger partial charge on any atom is 0.255 e. The summed E-state index contributed by atoms with van der Waals surface area (Å²) >= 11 is 1.50. The summed E-state index contributed by atoms with van der Waals surface area (Å²) in [7, 11) is 1.78. The monoisotopic (exact) mass is 498 g/mol. The number of hydrogen-bond donors (Lipinski definition) is 4. The molecule has 3 aromatic rings. The zero-order valence-electron chi connectivity index (χ0n) is 19.9. The lowest BCUT2D eigenvalue weighted by Gasteiger charge is -2.28. The number of anilines is 1. The Hall–Kier alpha value is -3.28. The number of aryl methyl sites for hydroxylation is 1. The molecule has 1 aliphatic rings. The summed E-state index contributed by atoms with van der Waals surface area (Å²) in [5, 5.41) is 31.7. The van der Waals surface area contributed by atoms with E-state index in [9.17, 15) is 19.8 Å². The Morgan fingerprint density at radius 1 is 1.20 bits per heavy atom. The maximum absolute atomic E-state index is 13.1. The molecular formula is C24H30N6O4S. The molecule has 4 N–H and O–H groups in total. The number of aliphatic hydroxyl groups is 2. The minimum Gasteiger partial charge on any atom is -0.380 e. The lowest BCUT2D eigenvalue weighted by atomic mass is 10.1. The Labute approximate surface area is 207 Å². The number of carbonyl (C=O) groups is 2. The molecular weight excluding hydrogens is 468 g/mol. The highest BCUT2D eigenvalue weighted by atomic mass is 32.1. The highest BCUT2D eigenvalue weighted by Crippen LogP contribution is 2.37. The van der Waals surface area contributed by atoms with Crippen molar-refractivity contribution in [3.63, 3.8) is 0 Å². The van der Waals surface area contributed by atoms with Crippen molar-refractivity contribution in [2.75, 3.05) is 18.9 Å². The largest absolute Gasteiger partial charge is 0.380 e. The standard InChI is InChI=1S/C24H30N6O4S/c1-14(16-7-9-17(10-8-16)30-13-5-11-26-30)27-22(33)20(31)21(32)23(34)29-12-4-6-18(29)19-15(2)35-24(25-3)28-19/h5,7-11,13-14,18,20-21,31-32H,4,6,12H2,1-3H3,(H,25,28)(H,27,33)/t14-,18?,20-,21-/m1/s1. The van der Waals surface area contributed by atoms with E-state index in [1.165, 1.54) is 16.2 Å². The number of benzene rings is 1. The van der Waals surface area contributed by atoms with Crippen molar-refractivity contribution >= 4 is 28.3 Å². The maximum atomic E-state index is 13.1. The van der Waals surface area contributed by atoms with Gasteiger partial charge in [0.05, 0.1) is 23.5 Å². The van der Waals surface area contributed by atoms with E-state index in [1.54, 1.807) is 24.9 Å². The van der Waals surface area contributed by atoms with Gasteiger partial charge in [-0.25, -0.2) is 9.67 Å². The van der Waals surface area contributed by atoms with Gasteiger partial charge < -0.3 is 25.7 Å². The molecule has 0 radical (unpaired) electrons. The smallest absolute Gasteiger partial charge is 0.255 e. The Kier molecular flexibility index (Phi) is 7.48. The average Bonchev–Trinajstić information content (AvgIpc) is 3.63. The van der Waals surface area contributed by atoms with Gasteiger partial charge in [-0.05, 0) is 50.5 Å². The van der Waals surface area contributed by atoms with Gasteiger partial charge in [0.1, 0.15) is 0 Å². The molecule has 1 unspecified atom stereocenters. The molecule has 3 heterocycles. The fraction of sp³-hybridized carbons (Fsp3) is 0.417. The van der Waals surface area contributed by atoms with Crippen molar-refractivity contribution in [2.24, 2.45) is 0 Å². The summed E-state index contributed by atoms with van der Waals surface area (Å²) in [5.74, 6) is -1.49. The van der Waals surface area contributed by atoms with Crippen LogP contribution in [-0.4, -0.2) is 67.5 Å². The second kappa shape index (κ2) is 10.5. The predicted molar refractivity (Wildman–Crippen MR) is 132 cm³/mol. The van der Waals surface area contributed by atoms with Gasteiger partial charge in [0.15, 0.2) is 17.3 Å². The number of carbonyl (C=O) groups excluding carboxylic acids is 2. The zero-order chi connectivity index (χ0) is 25.1. The molecule has 1 fully saturated rings. The molecule has 4 rings (SSSR count). The van der Waals surface area contributed by atoms with E-state index in [-0.39, 0.29) is 6.04 Å². The molecule has 186 valence electrons. The minimum absolute atomic E-state index is 0.294. The van der Waals surface area contributed by atoms with Crippen LogP contribution in [0.4, 0.5) is 5.13 Å². The van der Waals surface area contributed by atoms with Gasteiger partial charge in [0.25, 0.3) is 11.8 Å². The Morgan fingerprint density at radius 2 is 1.94 bits per heavy atom. The first-order valence-electron chi connectivity index (χ1n) is 11.5. The van der Waals surface area contributed by atoms with Gasteiger partial charge in [-0.3, -0.25) is 9.59 Å². The van der Waals surface area contributed by atoms with E-state index in [2.05, 4.69) is 20.7 Å². The summed E-state index contributed by atoms with van der Waals surface area (Å²) in [6.07, 6.45) is 1.22. The summed E-state index contributed by atoms with van der Waals surface area (Å²) in [6.45, 7) is 4.14. The predicted octanol–water partition coefficient (Wildman–Crippen LogP) is 1.94. The summed E-state index contributed by atoms with van der Waals surface area (Å²) < 4.78 is 1.72. The van der Waals surface area contributed by atoms with Crippen molar-refractivity contribution in [1.82, 2.24) is 25.0 Å². The number of nitrogens with one attached hydrogen (secondary N) is 2. The Balaban J connectivity index is 1.39. The normalized spacial score (nSPS) is 18.2. The van der Waals surface area contributed by atoms with Crippen molar-refractivity contribution in [3.05, 3.63) is 58.9 Å². The van der Waals surface area contributed by atoms with Crippen LogP contribution in [0.5, 0.6) is 0 Å². The SMILES string of the molecule is CNc1nc(C2CCCN2C(=O)[C@H](O)[C@@H](O)C(=O)N[C@H](C)c2ccc(-n3cccn3)cc2)c(C)s1. The second-order valence-electron chi connectivity index (χ2n) is 8.56. The topological polar surface area (TPSA) is 133 Å². The number of rotatable bonds is 8. The fourth-order valence-electron chi connectivity index (χ4n) is 4.31. The molecule has 0 bridgehead atoms. The first kappa shape index (κ1) is 24.8. The molecule has 1 aromatic carbocycles. The first-order valence-corrected chi connectivity index (χ1v) is 12.3. The third-order valence-corrected chi connectivity index (χ3v) is 7.24.